The van der Waals surface area contributed by atoms with Gasteiger partial charge in [-0.2, -0.15) is 0 Å². The molecule has 3 aromatic rings. The standard InChI is InChI=1S/C23H24N2O4S/c26-30(27,18-5-3-4-17(14-18)28-13-12-25-10-1-2-11-25)19-6-7-20-21-8-9-24-16-23(21)29-22(20)15-19/h1-7,10-11,14-15,21,23-24H,8-9,12-13,16H2. The molecule has 1 fully saturated rings. The van der Waals surface area contributed by atoms with Crippen molar-refractivity contribution in [3.8, 4) is 11.5 Å². The molecule has 0 amide bonds. The summed E-state index contributed by atoms with van der Waals surface area (Å²) in [5, 5.41) is 3.33. The normalized spacial score (nSPS) is 20.3. The molecule has 2 aliphatic rings. The Kier molecular flexibility index (Phi) is 5.00. The second kappa shape index (κ2) is 7.81. The summed E-state index contributed by atoms with van der Waals surface area (Å²) >= 11 is 0. The molecule has 1 saturated heterocycles. The highest BCUT2D eigenvalue weighted by atomic mass is 32.2. The second-order valence-corrected chi connectivity index (χ2v) is 9.65. The van der Waals surface area contributed by atoms with Crippen molar-refractivity contribution in [3.63, 3.8) is 0 Å². The van der Waals surface area contributed by atoms with Crippen LogP contribution in [0, 0.1) is 0 Å². The predicted molar refractivity (Wildman–Crippen MR) is 113 cm³/mol. The summed E-state index contributed by atoms with van der Waals surface area (Å²) in [7, 11) is -3.66. The minimum atomic E-state index is -3.66. The molecule has 2 aliphatic heterocycles. The average Bonchev–Trinajstić information content (AvgIpc) is 3.41. The van der Waals surface area contributed by atoms with Crippen molar-refractivity contribution in [2.45, 2.75) is 34.8 Å². The summed E-state index contributed by atoms with van der Waals surface area (Å²) in [6.45, 7) is 2.91. The maximum absolute atomic E-state index is 13.2. The number of ether oxygens (including phenoxy) is 2. The van der Waals surface area contributed by atoms with E-state index in [2.05, 4.69) is 5.32 Å². The molecule has 2 atom stereocenters. The quantitative estimate of drug-likeness (QED) is 0.658. The molecule has 0 saturated carbocycles. The number of hydrogen-bond donors (Lipinski definition) is 1. The third-order valence-electron chi connectivity index (χ3n) is 5.80. The Balaban J connectivity index is 1.35. The van der Waals surface area contributed by atoms with Gasteiger partial charge in [-0.1, -0.05) is 12.1 Å². The average molecular weight is 425 g/mol. The lowest BCUT2D eigenvalue weighted by Crippen LogP contribution is -2.39. The molecule has 6 nitrogen and oxygen atoms in total. The van der Waals surface area contributed by atoms with Crippen LogP contribution in [0.3, 0.4) is 0 Å². The molecule has 2 aromatic carbocycles. The van der Waals surface area contributed by atoms with E-state index < -0.39 is 9.84 Å². The van der Waals surface area contributed by atoms with Crippen molar-refractivity contribution in [3.05, 3.63) is 72.6 Å². The molecule has 5 rings (SSSR count). The molecule has 156 valence electrons. The number of aromatic nitrogens is 1. The molecule has 0 radical (unpaired) electrons. The van der Waals surface area contributed by atoms with E-state index in [0.717, 1.165) is 25.1 Å². The van der Waals surface area contributed by atoms with Crippen LogP contribution in [0.2, 0.25) is 0 Å². The van der Waals surface area contributed by atoms with Crippen molar-refractivity contribution in [1.82, 2.24) is 9.88 Å². The van der Waals surface area contributed by atoms with Gasteiger partial charge in [0.25, 0.3) is 0 Å². The second-order valence-electron chi connectivity index (χ2n) is 7.70. The maximum atomic E-state index is 13.2. The van der Waals surface area contributed by atoms with E-state index in [9.17, 15) is 8.42 Å². The fourth-order valence-corrected chi connectivity index (χ4v) is 5.53. The highest BCUT2D eigenvalue weighted by Crippen LogP contribution is 2.42. The minimum absolute atomic E-state index is 0.0868. The smallest absolute Gasteiger partial charge is 0.206 e. The molecule has 3 heterocycles. The van der Waals surface area contributed by atoms with Gasteiger partial charge >= 0.3 is 0 Å². The van der Waals surface area contributed by atoms with Gasteiger partial charge in [-0.3, -0.25) is 0 Å². The SMILES string of the molecule is O=S(=O)(c1cccc(OCCn2cccc2)c1)c1ccc2c(c1)OC1CNCCC21. The van der Waals surface area contributed by atoms with Crippen molar-refractivity contribution in [1.29, 1.82) is 0 Å². The molecule has 30 heavy (non-hydrogen) atoms. The van der Waals surface area contributed by atoms with Gasteiger partial charge in [0, 0.05) is 30.4 Å². The van der Waals surface area contributed by atoms with Gasteiger partial charge in [0.1, 0.15) is 24.2 Å². The van der Waals surface area contributed by atoms with Gasteiger partial charge in [-0.15, -0.1) is 0 Å². The number of sulfone groups is 1. The van der Waals surface area contributed by atoms with Crippen LogP contribution < -0.4 is 14.8 Å². The molecule has 2 unspecified atom stereocenters. The first-order chi connectivity index (χ1) is 14.6. The Bertz CT molecular complexity index is 1140. The summed E-state index contributed by atoms with van der Waals surface area (Å²) in [4.78, 5) is 0.468. The van der Waals surface area contributed by atoms with Gasteiger partial charge in [-0.25, -0.2) is 8.42 Å². The molecule has 0 aliphatic carbocycles. The predicted octanol–water partition coefficient (Wildman–Crippen LogP) is 3.24. The molecule has 0 spiro atoms. The van der Waals surface area contributed by atoms with Crippen molar-refractivity contribution in [2.75, 3.05) is 19.7 Å². The highest BCUT2D eigenvalue weighted by Gasteiger charge is 2.36. The lowest BCUT2D eigenvalue weighted by atomic mass is 9.90. The fourth-order valence-electron chi connectivity index (χ4n) is 4.22. The molecule has 1 N–H and O–H groups in total. The molecular weight excluding hydrogens is 400 g/mol. The lowest BCUT2D eigenvalue weighted by Gasteiger charge is -2.24. The van der Waals surface area contributed by atoms with Gasteiger partial charge in [0.2, 0.25) is 9.84 Å². The summed E-state index contributed by atoms with van der Waals surface area (Å²) < 4.78 is 40.3. The number of piperidine rings is 1. The number of hydrogen-bond acceptors (Lipinski definition) is 5. The lowest BCUT2D eigenvalue weighted by molar-refractivity contribution is 0.176. The summed E-state index contributed by atoms with van der Waals surface area (Å²) in [5.41, 5.74) is 1.11. The van der Waals surface area contributed by atoms with E-state index in [-0.39, 0.29) is 15.9 Å². The third kappa shape index (κ3) is 3.59. The monoisotopic (exact) mass is 424 g/mol. The zero-order valence-corrected chi connectivity index (χ0v) is 17.3. The molecule has 0 bridgehead atoms. The maximum Gasteiger partial charge on any atom is 0.206 e. The first-order valence-electron chi connectivity index (χ1n) is 10.2. The van der Waals surface area contributed by atoms with Crippen LogP contribution in [0.4, 0.5) is 0 Å². The topological polar surface area (TPSA) is 69.6 Å². The minimum Gasteiger partial charge on any atom is -0.492 e. The Morgan fingerprint density at radius 1 is 1.07 bits per heavy atom. The van der Waals surface area contributed by atoms with E-state index in [1.54, 1.807) is 36.4 Å². The van der Waals surface area contributed by atoms with Crippen LogP contribution in [-0.2, 0) is 16.4 Å². The van der Waals surface area contributed by atoms with Gasteiger partial charge in [-0.05, 0) is 55.4 Å². The Morgan fingerprint density at radius 3 is 2.77 bits per heavy atom. The number of nitrogens with one attached hydrogen (secondary N) is 1. The summed E-state index contributed by atoms with van der Waals surface area (Å²) in [6, 6.07) is 15.9. The van der Waals surface area contributed by atoms with Crippen LogP contribution in [0.5, 0.6) is 11.5 Å². The molecular formula is C23H24N2O4S. The Morgan fingerprint density at radius 2 is 1.90 bits per heavy atom. The summed E-state index contributed by atoms with van der Waals surface area (Å²) in [6.07, 6.45) is 5.02. The van der Waals surface area contributed by atoms with E-state index >= 15 is 0 Å². The van der Waals surface area contributed by atoms with Gasteiger partial charge < -0.3 is 19.4 Å². The third-order valence-corrected chi connectivity index (χ3v) is 7.55. The van der Waals surface area contributed by atoms with Crippen LogP contribution in [-0.4, -0.2) is 38.8 Å². The van der Waals surface area contributed by atoms with Crippen molar-refractivity contribution in [2.24, 2.45) is 0 Å². The van der Waals surface area contributed by atoms with Crippen LogP contribution in [0.15, 0.2) is 76.8 Å². The number of fused-ring (bicyclic) bond motifs is 3. The largest absolute Gasteiger partial charge is 0.492 e. The molecule has 1 aromatic heterocycles. The zero-order chi connectivity index (χ0) is 20.6. The Hall–Kier alpha value is -2.77. The highest BCUT2D eigenvalue weighted by molar-refractivity contribution is 7.91. The number of benzene rings is 2. The van der Waals surface area contributed by atoms with E-state index in [0.29, 0.717) is 30.6 Å². The number of nitrogens with zero attached hydrogens (tertiary/aromatic N) is 1. The van der Waals surface area contributed by atoms with Gasteiger partial charge in [0.05, 0.1) is 16.3 Å². The van der Waals surface area contributed by atoms with Crippen LogP contribution in [0.1, 0.15) is 17.9 Å². The van der Waals surface area contributed by atoms with Crippen LogP contribution >= 0.6 is 0 Å². The van der Waals surface area contributed by atoms with E-state index in [1.807, 2.05) is 35.2 Å². The first-order valence-corrected chi connectivity index (χ1v) is 11.7. The first kappa shape index (κ1) is 19.2. The van der Waals surface area contributed by atoms with E-state index in [1.165, 1.54) is 0 Å². The number of rotatable bonds is 6. The van der Waals surface area contributed by atoms with Gasteiger partial charge in [0.15, 0.2) is 0 Å². The fraction of sp³-hybridized carbons (Fsp3) is 0.304. The zero-order valence-electron chi connectivity index (χ0n) is 16.5. The Labute approximate surface area is 176 Å². The van der Waals surface area contributed by atoms with Crippen LogP contribution in [0.25, 0.3) is 0 Å². The van der Waals surface area contributed by atoms with Crippen molar-refractivity contribution >= 4 is 9.84 Å². The molecule has 7 heteroatoms. The van der Waals surface area contributed by atoms with Crippen molar-refractivity contribution < 1.29 is 17.9 Å². The van der Waals surface area contributed by atoms with E-state index in [4.69, 9.17) is 9.47 Å². The summed E-state index contributed by atoms with van der Waals surface area (Å²) in [5.74, 6) is 1.57.